The van der Waals surface area contributed by atoms with E-state index in [2.05, 4.69) is 5.32 Å². The maximum absolute atomic E-state index is 11.3. The summed E-state index contributed by atoms with van der Waals surface area (Å²) in [7, 11) is 0. The molecule has 0 radical (unpaired) electrons. The van der Waals surface area contributed by atoms with Crippen LogP contribution in [-0.2, 0) is 9.53 Å². The highest BCUT2D eigenvalue weighted by Gasteiger charge is 2.30. The van der Waals surface area contributed by atoms with Gasteiger partial charge in [-0.3, -0.25) is 4.79 Å². The second kappa shape index (κ2) is 4.42. The molecule has 4 heteroatoms. The molecule has 0 aromatic heterocycles. The van der Waals surface area contributed by atoms with E-state index in [1.807, 2.05) is 6.92 Å². The number of amides is 1. The first-order valence-corrected chi connectivity index (χ1v) is 4.26. The maximum atomic E-state index is 11.3. The van der Waals surface area contributed by atoms with Gasteiger partial charge in [-0.2, -0.15) is 0 Å². The second-order valence-corrected chi connectivity index (χ2v) is 3.07. The van der Waals surface area contributed by atoms with E-state index in [0.29, 0.717) is 19.1 Å². The van der Waals surface area contributed by atoms with Crippen molar-refractivity contribution < 1.29 is 14.6 Å². The molecule has 2 N–H and O–H groups in total. The van der Waals surface area contributed by atoms with Gasteiger partial charge in [0.2, 0.25) is 5.91 Å². The van der Waals surface area contributed by atoms with Crippen LogP contribution in [0.5, 0.6) is 0 Å². The average molecular weight is 173 g/mol. The number of aliphatic hydroxyl groups is 1. The minimum Gasteiger partial charge on any atom is -0.395 e. The van der Waals surface area contributed by atoms with Gasteiger partial charge in [0.25, 0.3) is 0 Å². The first-order valence-electron chi connectivity index (χ1n) is 4.26. The summed E-state index contributed by atoms with van der Waals surface area (Å²) in [6, 6.07) is 0. The molecule has 0 aromatic rings. The summed E-state index contributed by atoms with van der Waals surface area (Å²) in [5.41, 5.74) is 0. The molecule has 1 fully saturated rings. The zero-order valence-corrected chi connectivity index (χ0v) is 7.25. The van der Waals surface area contributed by atoms with Crippen molar-refractivity contribution in [3.05, 3.63) is 0 Å². The van der Waals surface area contributed by atoms with Crippen molar-refractivity contribution >= 4 is 5.91 Å². The smallest absolute Gasteiger partial charge is 0.249 e. The largest absolute Gasteiger partial charge is 0.395 e. The Kier molecular flexibility index (Phi) is 3.49. The van der Waals surface area contributed by atoms with Crippen molar-refractivity contribution in [3.63, 3.8) is 0 Å². The van der Waals surface area contributed by atoms with E-state index in [1.165, 1.54) is 0 Å². The molecule has 4 nitrogen and oxygen atoms in total. The van der Waals surface area contributed by atoms with Gasteiger partial charge in [0, 0.05) is 13.2 Å². The topological polar surface area (TPSA) is 58.6 Å². The fourth-order valence-electron chi connectivity index (χ4n) is 1.31. The molecule has 0 saturated carbocycles. The predicted octanol–water partition coefficient (Wildman–Crippen LogP) is -0.480. The number of rotatable bonds is 3. The van der Waals surface area contributed by atoms with Gasteiger partial charge in [-0.15, -0.1) is 0 Å². The minimum atomic E-state index is -0.309. The molecular formula is C8H15NO3. The van der Waals surface area contributed by atoms with Crippen LogP contribution in [-0.4, -0.2) is 36.9 Å². The third-order valence-corrected chi connectivity index (χ3v) is 2.06. The Balaban J connectivity index is 2.30. The van der Waals surface area contributed by atoms with Crippen molar-refractivity contribution in [2.75, 3.05) is 19.8 Å². The zero-order chi connectivity index (χ0) is 8.97. The molecule has 1 aliphatic heterocycles. The van der Waals surface area contributed by atoms with Crippen LogP contribution in [0.2, 0.25) is 0 Å². The van der Waals surface area contributed by atoms with E-state index in [1.54, 1.807) is 0 Å². The van der Waals surface area contributed by atoms with E-state index >= 15 is 0 Å². The van der Waals surface area contributed by atoms with Crippen LogP contribution in [0.25, 0.3) is 0 Å². The van der Waals surface area contributed by atoms with Crippen LogP contribution in [0.1, 0.15) is 13.3 Å². The molecule has 70 valence electrons. The summed E-state index contributed by atoms with van der Waals surface area (Å²) in [6.07, 6.45) is 0.633. The van der Waals surface area contributed by atoms with Crippen LogP contribution in [0.15, 0.2) is 0 Å². The molecule has 0 spiro atoms. The van der Waals surface area contributed by atoms with E-state index in [0.717, 1.165) is 6.42 Å². The minimum absolute atomic E-state index is 0.0210. The third kappa shape index (κ3) is 2.19. The lowest BCUT2D eigenvalue weighted by atomic mass is 10.0. The fourth-order valence-corrected chi connectivity index (χ4v) is 1.31. The SMILES string of the molecule is CC1CCOC1C(=O)NCCO. The molecule has 0 aliphatic carbocycles. The highest BCUT2D eigenvalue weighted by molar-refractivity contribution is 5.81. The summed E-state index contributed by atoms with van der Waals surface area (Å²) in [6.45, 7) is 2.95. The lowest BCUT2D eigenvalue weighted by Gasteiger charge is -2.13. The van der Waals surface area contributed by atoms with Gasteiger partial charge < -0.3 is 15.2 Å². The fraction of sp³-hybridized carbons (Fsp3) is 0.875. The summed E-state index contributed by atoms with van der Waals surface area (Å²) in [5, 5.41) is 11.1. The molecule has 2 unspecified atom stereocenters. The maximum Gasteiger partial charge on any atom is 0.249 e. The van der Waals surface area contributed by atoms with Gasteiger partial charge in [-0.1, -0.05) is 6.92 Å². The summed E-state index contributed by atoms with van der Waals surface area (Å²) in [4.78, 5) is 11.3. The van der Waals surface area contributed by atoms with Crippen LogP contribution < -0.4 is 5.32 Å². The van der Waals surface area contributed by atoms with E-state index in [9.17, 15) is 4.79 Å². The number of aliphatic hydroxyl groups excluding tert-OH is 1. The summed E-state index contributed by atoms with van der Waals surface area (Å²) >= 11 is 0. The first-order chi connectivity index (χ1) is 5.75. The van der Waals surface area contributed by atoms with Crippen LogP contribution in [0.3, 0.4) is 0 Å². The highest BCUT2D eigenvalue weighted by Crippen LogP contribution is 2.19. The molecule has 1 aliphatic rings. The van der Waals surface area contributed by atoms with Gasteiger partial charge in [0.15, 0.2) is 0 Å². The van der Waals surface area contributed by atoms with Gasteiger partial charge in [0.1, 0.15) is 6.10 Å². The second-order valence-electron chi connectivity index (χ2n) is 3.07. The van der Waals surface area contributed by atoms with Gasteiger partial charge >= 0.3 is 0 Å². The number of nitrogens with one attached hydrogen (secondary N) is 1. The number of ether oxygens (including phenoxy) is 1. The van der Waals surface area contributed by atoms with Crippen molar-refractivity contribution in [3.8, 4) is 0 Å². The van der Waals surface area contributed by atoms with Crippen molar-refractivity contribution in [2.24, 2.45) is 5.92 Å². The Morgan fingerprint density at radius 1 is 1.75 bits per heavy atom. The highest BCUT2D eigenvalue weighted by atomic mass is 16.5. The Hall–Kier alpha value is -0.610. The number of carbonyl (C=O) groups is 1. The van der Waals surface area contributed by atoms with Crippen LogP contribution >= 0.6 is 0 Å². The average Bonchev–Trinajstić information content (AvgIpc) is 2.47. The van der Waals surface area contributed by atoms with Gasteiger partial charge in [-0.05, 0) is 12.3 Å². The Morgan fingerprint density at radius 2 is 2.50 bits per heavy atom. The van der Waals surface area contributed by atoms with Gasteiger partial charge in [0.05, 0.1) is 6.61 Å². The van der Waals surface area contributed by atoms with E-state index < -0.39 is 0 Å². The first kappa shape index (κ1) is 9.48. The molecule has 1 saturated heterocycles. The summed E-state index contributed by atoms with van der Waals surface area (Å²) < 4.78 is 5.23. The Morgan fingerprint density at radius 3 is 3.00 bits per heavy atom. The van der Waals surface area contributed by atoms with E-state index in [4.69, 9.17) is 9.84 Å². The monoisotopic (exact) mass is 173 g/mol. The standard InChI is InChI=1S/C8H15NO3/c1-6-2-5-12-7(6)8(11)9-3-4-10/h6-7,10H,2-5H2,1H3,(H,9,11). The normalized spacial score (nSPS) is 28.8. The third-order valence-electron chi connectivity index (χ3n) is 2.06. The molecule has 1 rings (SSSR count). The number of carbonyl (C=O) groups excluding carboxylic acids is 1. The molecule has 2 atom stereocenters. The van der Waals surface area contributed by atoms with Crippen molar-refractivity contribution in [1.82, 2.24) is 5.32 Å². The quantitative estimate of drug-likeness (QED) is 0.606. The Labute approximate surface area is 71.9 Å². The number of hydrogen-bond acceptors (Lipinski definition) is 3. The lowest BCUT2D eigenvalue weighted by molar-refractivity contribution is -0.131. The Bertz CT molecular complexity index is 160. The molecular weight excluding hydrogens is 158 g/mol. The van der Waals surface area contributed by atoms with Crippen molar-refractivity contribution in [2.45, 2.75) is 19.4 Å². The van der Waals surface area contributed by atoms with Gasteiger partial charge in [-0.25, -0.2) is 0 Å². The predicted molar refractivity (Wildman–Crippen MR) is 43.6 cm³/mol. The summed E-state index contributed by atoms with van der Waals surface area (Å²) in [5.74, 6) is 0.192. The number of hydrogen-bond donors (Lipinski definition) is 2. The molecule has 1 amide bonds. The molecule has 0 aromatic carbocycles. The van der Waals surface area contributed by atoms with Crippen molar-refractivity contribution in [1.29, 1.82) is 0 Å². The molecule has 1 heterocycles. The van der Waals surface area contributed by atoms with Crippen LogP contribution in [0.4, 0.5) is 0 Å². The molecule has 12 heavy (non-hydrogen) atoms. The van der Waals surface area contributed by atoms with E-state index in [-0.39, 0.29) is 18.6 Å². The zero-order valence-electron chi connectivity index (χ0n) is 7.25. The molecule has 0 bridgehead atoms. The van der Waals surface area contributed by atoms with Crippen LogP contribution in [0, 0.1) is 5.92 Å². The lowest BCUT2D eigenvalue weighted by Crippen LogP contribution is -2.38.